The molecule has 0 aromatic heterocycles. The standard InChI is InChI=1S/C30H35N3O3/c1-21(2)25-11-7-24(8-12-25)20-32-16-5-17-33(30(32)35)28-15-6-22(3)18-27(28)31-29(34)19-23-9-13-26(36-4)14-10-23/h6-15,18,21H,5,16-17,19-20H2,1-4H3,(H,31,34). The molecule has 6 heteroatoms. The molecule has 0 atom stereocenters. The predicted octanol–water partition coefficient (Wildman–Crippen LogP) is 6.14. The fourth-order valence-electron chi connectivity index (χ4n) is 4.49. The van der Waals surface area contributed by atoms with Gasteiger partial charge < -0.3 is 15.0 Å². The molecule has 1 saturated heterocycles. The first kappa shape index (κ1) is 25.3. The third-order valence-corrected chi connectivity index (χ3v) is 6.57. The Kier molecular flexibility index (Phi) is 7.93. The monoisotopic (exact) mass is 485 g/mol. The van der Waals surface area contributed by atoms with Crippen molar-refractivity contribution in [2.75, 3.05) is 30.4 Å². The van der Waals surface area contributed by atoms with E-state index in [0.29, 0.717) is 31.2 Å². The first-order valence-corrected chi connectivity index (χ1v) is 12.5. The Morgan fingerprint density at radius 2 is 1.67 bits per heavy atom. The van der Waals surface area contributed by atoms with Crippen LogP contribution in [-0.2, 0) is 17.8 Å². The molecule has 6 nitrogen and oxygen atoms in total. The molecule has 0 saturated carbocycles. The number of anilines is 2. The second kappa shape index (κ2) is 11.3. The molecule has 3 aromatic carbocycles. The van der Waals surface area contributed by atoms with Crippen LogP contribution >= 0.6 is 0 Å². The van der Waals surface area contributed by atoms with Gasteiger partial charge in [-0.25, -0.2) is 4.79 Å². The zero-order valence-corrected chi connectivity index (χ0v) is 21.6. The van der Waals surface area contributed by atoms with E-state index in [1.807, 2.05) is 54.3 Å². The van der Waals surface area contributed by atoms with Gasteiger partial charge in [0.05, 0.1) is 24.9 Å². The molecule has 0 aliphatic carbocycles. The molecule has 1 N–H and O–H groups in total. The highest BCUT2D eigenvalue weighted by Gasteiger charge is 2.28. The smallest absolute Gasteiger partial charge is 0.324 e. The van der Waals surface area contributed by atoms with E-state index in [2.05, 4.69) is 43.4 Å². The van der Waals surface area contributed by atoms with Gasteiger partial charge in [-0.2, -0.15) is 0 Å². The second-order valence-corrected chi connectivity index (χ2v) is 9.70. The minimum atomic E-state index is -0.126. The number of amides is 3. The summed E-state index contributed by atoms with van der Waals surface area (Å²) in [5.74, 6) is 1.11. The molecule has 1 fully saturated rings. The van der Waals surface area contributed by atoms with E-state index in [1.54, 1.807) is 12.0 Å². The summed E-state index contributed by atoms with van der Waals surface area (Å²) in [7, 11) is 1.62. The number of rotatable bonds is 8. The molecule has 0 spiro atoms. The van der Waals surface area contributed by atoms with Crippen LogP contribution in [0.25, 0.3) is 0 Å². The van der Waals surface area contributed by atoms with Crippen molar-refractivity contribution in [3.8, 4) is 5.75 Å². The van der Waals surface area contributed by atoms with Gasteiger partial charge in [0, 0.05) is 19.6 Å². The van der Waals surface area contributed by atoms with Crippen molar-refractivity contribution < 1.29 is 14.3 Å². The Bertz CT molecular complexity index is 1200. The van der Waals surface area contributed by atoms with Crippen LogP contribution in [0, 0.1) is 6.92 Å². The van der Waals surface area contributed by atoms with E-state index in [1.165, 1.54) is 5.56 Å². The highest BCUT2D eigenvalue weighted by atomic mass is 16.5. The Hall–Kier alpha value is -3.80. The largest absolute Gasteiger partial charge is 0.497 e. The lowest BCUT2D eigenvalue weighted by Gasteiger charge is -2.36. The van der Waals surface area contributed by atoms with Gasteiger partial charge >= 0.3 is 6.03 Å². The zero-order valence-electron chi connectivity index (χ0n) is 21.6. The van der Waals surface area contributed by atoms with Crippen LogP contribution in [-0.4, -0.2) is 37.0 Å². The number of urea groups is 1. The van der Waals surface area contributed by atoms with Crippen molar-refractivity contribution in [2.24, 2.45) is 0 Å². The molecular formula is C30H35N3O3. The average molecular weight is 486 g/mol. The number of nitrogens with one attached hydrogen (secondary N) is 1. The first-order valence-electron chi connectivity index (χ1n) is 12.5. The normalized spacial score (nSPS) is 13.8. The molecule has 3 amide bonds. The third kappa shape index (κ3) is 6.06. The topological polar surface area (TPSA) is 61.9 Å². The summed E-state index contributed by atoms with van der Waals surface area (Å²) in [5.41, 5.74) is 5.71. The van der Waals surface area contributed by atoms with Gasteiger partial charge in [-0.3, -0.25) is 9.69 Å². The van der Waals surface area contributed by atoms with Crippen LogP contribution in [0.4, 0.5) is 16.2 Å². The summed E-state index contributed by atoms with van der Waals surface area (Å²) in [6.07, 6.45) is 1.10. The van der Waals surface area contributed by atoms with E-state index in [0.717, 1.165) is 34.5 Å². The predicted molar refractivity (Wildman–Crippen MR) is 145 cm³/mol. The lowest BCUT2D eigenvalue weighted by Crippen LogP contribution is -2.49. The molecule has 1 heterocycles. The van der Waals surface area contributed by atoms with E-state index < -0.39 is 0 Å². The molecule has 0 bridgehead atoms. The summed E-state index contributed by atoms with van der Waals surface area (Å²) in [5, 5.41) is 3.05. The molecule has 3 aromatic rings. The maximum Gasteiger partial charge on any atom is 0.324 e. The molecular weight excluding hydrogens is 450 g/mol. The average Bonchev–Trinajstić information content (AvgIpc) is 2.86. The minimum Gasteiger partial charge on any atom is -0.497 e. The number of aryl methyl sites for hydroxylation is 1. The SMILES string of the molecule is COc1ccc(CC(=O)Nc2cc(C)ccc2N2CCCN(Cc3ccc(C(C)C)cc3)C2=O)cc1. The van der Waals surface area contributed by atoms with Gasteiger partial charge in [-0.05, 0) is 65.8 Å². The van der Waals surface area contributed by atoms with Crippen LogP contribution < -0.4 is 15.0 Å². The maximum absolute atomic E-state index is 13.5. The molecule has 4 rings (SSSR count). The molecule has 1 aliphatic rings. The molecule has 0 radical (unpaired) electrons. The number of carbonyl (C=O) groups excluding carboxylic acids is 2. The van der Waals surface area contributed by atoms with Crippen LogP contribution in [0.15, 0.2) is 66.7 Å². The highest BCUT2D eigenvalue weighted by molar-refractivity contribution is 6.01. The lowest BCUT2D eigenvalue weighted by atomic mass is 10.0. The Labute approximate surface area is 213 Å². The zero-order chi connectivity index (χ0) is 25.7. The third-order valence-electron chi connectivity index (χ3n) is 6.57. The van der Waals surface area contributed by atoms with E-state index in [4.69, 9.17) is 4.74 Å². The van der Waals surface area contributed by atoms with Gasteiger partial charge in [0.2, 0.25) is 5.91 Å². The molecule has 1 aliphatic heterocycles. The Morgan fingerprint density at radius 1 is 0.972 bits per heavy atom. The van der Waals surface area contributed by atoms with Crippen molar-refractivity contribution in [1.82, 2.24) is 4.90 Å². The fourth-order valence-corrected chi connectivity index (χ4v) is 4.49. The van der Waals surface area contributed by atoms with E-state index in [9.17, 15) is 9.59 Å². The van der Waals surface area contributed by atoms with Gasteiger partial charge in [0.25, 0.3) is 0 Å². The van der Waals surface area contributed by atoms with Crippen molar-refractivity contribution in [3.63, 3.8) is 0 Å². The number of carbonyl (C=O) groups is 2. The van der Waals surface area contributed by atoms with Crippen molar-refractivity contribution >= 4 is 23.3 Å². The maximum atomic E-state index is 13.5. The van der Waals surface area contributed by atoms with Crippen molar-refractivity contribution in [1.29, 1.82) is 0 Å². The summed E-state index contributed by atoms with van der Waals surface area (Å²) in [6.45, 7) is 8.23. The van der Waals surface area contributed by atoms with E-state index >= 15 is 0 Å². The van der Waals surface area contributed by atoms with Crippen LogP contribution in [0.2, 0.25) is 0 Å². The fraction of sp³-hybridized carbons (Fsp3) is 0.333. The lowest BCUT2D eigenvalue weighted by molar-refractivity contribution is -0.115. The summed E-state index contributed by atoms with van der Waals surface area (Å²) >= 11 is 0. The first-order chi connectivity index (χ1) is 17.3. The number of hydrogen-bond acceptors (Lipinski definition) is 3. The quantitative estimate of drug-likeness (QED) is 0.417. The molecule has 36 heavy (non-hydrogen) atoms. The summed E-state index contributed by atoms with van der Waals surface area (Å²) in [4.78, 5) is 30.1. The highest BCUT2D eigenvalue weighted by Crippen LogP contribution is 2.31. The van der Waals surface area contributed by atoms with Crippen molar-refractivity contribution in [3.05, 3.63) is 89.0 Å². The number of hydrogen-bond donors (Lipinski definition) is 1. The summed E-state index contributed by atoms with van der Waals surface area (Å²) < 4.78 is 5.19. The van der Waals surface area contributed by atoms with Crippen molar-refractivity contribution in [2.45, 2.75) is 46.1 Å². The number of nitrogens with zero attached hydrogens (tertiary/aromatic N) is 2. The second-order valence-electron chi connectivity index (χ2n) is 9.70. The Morgan fingerprint density at radius 3 is 2.33 bits per heavy atom. The van der Waals surface area contributed by atoms with Gasteiger partial charge in [-0.15, -0.1) is 0 Å². The number of methoxy groups -OCH3 is 1. The van der Waals surface area contributed by atoms with Gasteiger partial charge in [-0.1, -0.05) is 56.3 Å². The molecule has 188 valence electrons. The number of ether oxygens (including phenoxy) is 1. The van der Waals surface area contributed by atoms with Crippen LogP contribution in [0.1, 0.15) is 48.4 Å². The minimum absolute atomic E-state index is 0.0382. The van der Waals surface area contributed by atoms with Crippen LogP contribution in [0.5, 0.6) is 5.75 Å². The molecule has 0 unspecified atom stereocenters. The van der Waals surface area contributed by atoms with Gasteiger partial charge in [0.15, 0.2) is 0 Å². The number of benzene rings is 3. The van der Waals surface area contributed by atoms with Gasteiger partial charge in [0.1, 0.15) is 5.75 Å². The van der Waals surface area contributed by atoms with Crippen LogP contribution in [0.3, 0.4) is 0 Å². The van der Waals surface area contributed by atoms with E-state index in [-0.39, 0.29) is 18.4 Å². The summed E-state index contributed by atoms with van der Waals surface area (Å²) in [6, 6.07) is 21.8. The Balaban J connectivity index is 1.48.